The van der Waals surface area contributed by atoms with Crippen LogP contribution in [0.1, 0.15) is 27.7 Å². The molecule has 0 atom stereocenters. The SMILES string of the molecule is CC(C)OC(C)C.[Cl-].[Cl-].[Ti+2]. The predicted molar refractivity (Wildman–Crippen MR) is 31.4 cm³/mol. The van der Waals surface area contributed by atoms with E-state index in [4.69, 9.17) is 4.74 Å². The molecule has 0 aromatic carbocycles. The third-order valence-corrected chi connectivity index (χ3v) is 0.544. The van der Waals surface area contributed by atoms with E-state index in [9.17, 15) is 0 Å². The molecule has 0 N–H and O–H groups in total. The summed E-state index contributed by atoms with van der Waals surface area (Å²) in [6.45, 7) is 8.17. The van der Waals surface area contributed by atoms with Crippen LogP contribution >= 0.6 is 0 Å². The zero-order valence-corrected chi connectivity index (χ0v) is 9.89. The molecule has 4 heteroatoms. The van der Waals surface area contributed by atoms with Crippen molar-refractivity contribution in [1.82, 2.24) is 0 Å². The first kappa shape index (κ1) is 22.5. The molecule has 0 rings (SSSR count). The Labute approximate surface area is 91.0 Å². The van der Waals surface area contributed by atoms with E-state index in [0.29, 0.717) is 12.2 Å². The molecule has 10 heavy (non-hydrogen) atoms. The number of ether oxygens (including phenoxy) is 1. The molecule has 0 aliphatic heterocycles. The maximum Gasteiger partial charge on any atom is 2.00 e. The summed E-state index contributed by atoms with van der Waals surface area (Å²) in [6, 6.07) is 0. The minimum atomic E-state index is 0. The van der Waals surface area contributed by atoms with Gasteiger partial charge in [-0.1, -0.05) is 0 Å². The molecule has 0 spiro atoms. The van der Waals surface area contributed by atoms with Gasteiger partial charge in [0.25, 0.3) is 0 Å². The standard InChI is InChI=1S/C6H14O.2ClH.Ti/c1-5(2)7-6(3)4;;;/h5-6H,1-4H3;2*1H;/q;;;+2/p-2. The van der Waals surface area contributed by atoms with Crippen LogP contribution in [0.2, 0.25) is 0 Å². The average molecular weight is 221 g/mol. The molecular weight excluding hydrogens is 207 g/mol. The van der Waals surface area contributed by atoms with Gasteiger partial charge in [-0.2, -0.15) is 0 Å². The Balaban J connectivity index is -0.0000000600. The zero-order valence-electron chi connectivity index (χ0n) is 6.82. The van der Waals surface area contributed by atoms with Crippen molar-refractivity contribution in [2.75, 3.05) is 0 Å². The number of halogens is 2. The zero-order chi connectivity index (χ0) is 5.86. The summed E-state index contributed by atoms with van der Waals surface area (Å²) in [5.74, 6) is 0. The molecule has 1 nitrogen and oxygen atoms in total. The van der Waals surface area contributed by atoms with Gasteiger partial charge in [0.05, 0.1) is 12.2 Å². The van der Waals surface area contributed by atoms with Crippen molar-refractivity contribution in [3.63, 3.8) is 0 Å². The molecule has 0 heterocycles. The van der Waals surface area contributed by atoms with Crippen LogP contribution in [0.3, 0.4) is 0 Å². The van der Waals surface area contributed by atoms with Crippen molar-refractivity contribution >= 4 is 0 Å². The van der Waals surface area contributed by atoms with E-state index in [0.717, 1.165) is 0 Å². The average Bonchev–Trinajstić information content (AvgIpc) is 1.27. The molecule has 0 radical (unpaired) electrons. The molecule has 62 valence electrons. The summed E-state index contributed by atoms with van der Waals surface area (Å²) < 4.78 is 5.25. The molecule has 0 bridgehead atoms. The van der Waals surface area contributed by atoms with Crippen molar-refractivity contribution in [3.8, 4) is 0 Å². The summed E-state index contributed by atoms with van der Waals surface area (Å²) in [5, 5.41) is 0. The van der Waals surface area contributed by atoms with Gasteiger partial charge < -0.3 is 29.6 Å². The van der Waals surface area contributed by atoms with Gasteiger partial charge in [-0.05, 0) is 27.7 Å². The fourth-order valence-electron chi connectivity index (χ4n) is 0.544. The molecule has 0 aliphatic carbocycles. The Kier molecular flexibility index (Phi) is 29.0. The van der Waals surface area contributed by atoms with Crippen molar-refractivity contribution in [1.29, 1.82) is 0 Å². The second-order valence-electron chi connectivity index (χ2n) is 2.23. The molecule has 0 fully saturated rings. The molecule has 0 unspecified atom stereocenters. The molecule has 0 aromatic heterocycles. The Morgan fingerprint density at radius 3 is 1.00 bits per heavy atom. The number of rotatable bonds is 2. The van der Waals surface area contributed by atoms with Crippen LogP contribution in [-0.2, 0) is 26.5 Å². The Morgan fingerprint density at radius 2 is 1.00 bits per heavy atom. The second kappa shape index (κ2) is 12.9. The van der Waals surface area contributed by atoms with E-state index in [1.165, 1.54) is 0 Å². The van der Waals surface area contributed by atoms with Gasteiger partial charge in [-0.3, -0.25) is 0 Å². The van der Waals surface area contributed by atoms with Crippen LogP contribution < -0.4 is 24.8 Å². The summed E-state index contributed by atoms with van der Waals surface area (Å²) in [7, 11) is 0. The fourth-order valence-corrected chi connectivity index (χ4v) is 0.544. The Morgan fingerprint density at radius 1 is 0.800 bits per heavy atom. The molecule has 0 amide bonds. The van der Waals surface area contributed by atoms with E-state index >= 15 is 0 Å². The minimum Gasteiger partial charge on any atom is -1.00 e. The summed E-state index contributed by atoms with van der Waals surface area (Å²) in [6.07, 6.45) is 0.750. The molecule has 0 saturated carbocycles. The van der Waals surface area contributed by atoms with Gasteiger partial charge in [0, 0.05) is 0 Å². The van der Waals surface area contributed by atoms with E-state index < -0.39 is 0 Å². The van der Waals surface area contributed by atoms with Crippen LogP contribution in [0.15, 0.2) is 0 Å². The quantitative estimate of drug-likeness (QED) is 0.430. The minimum absolute atomic E-state index is 0. The van der Waals surface area contributed by atoms with Crippen molar-refractivity contribution < 1.29 is 51.3 Å². The van der Waals surface area contributed by atoms with Gasteiger partial charge in [0.15, 0.2) is 0 Å². The largest absolute Gasteiger partial charge is 2.00 e. The second-order valence-corrected chi connectivity index (χ2v) is 2.23. The smallest absolute Gasteiger partial charge is 1.00 e. The summed E-state index contributed by atoms with van der Waals surface area (Å²) >= 11 is 0. The van der Waals surface area contributed by atoms with E-state index in [1.54, 1.807) is 0 Å². The van der Waals surface area contributed by atoms with Crippen molar-refractivity contribution in [3.05, 3.63) is 0 Å². The number of hydrogen-bond acceptors (Lipinski definition) is 1. The van der Waals surface area contributed by atoms with Crippen LogP contribution in [-0.4, -0.2) is 12.2 Å². The monoisotopic (exact) mass is 220 g/mol. The first-order chi connectivity index (χ1) is 3.13. The van der Waals surface area contributed by atoms with E-state index in [2.05, 4.69) is 0 Å². The van der Waals surface area contributed by atoms with Crippen molar-refractivity contribution in [2.45, 2.75) is 39.9 Å². The Hall–Kier alpha value is 1.25. The number of hydrogen-bond donors (Lipinski definition) is 0. The normalized spacial score (nSPS) is 7.80. The molecule has 0 aromatic rings. The molecule has 0 saturated heterocycles. The van der Waals surface area contributed by atoms with Gasteiger partial charge in [0.1, 0.15) is 0 Å². The third kappa shape index (κ3) is 22.8. The summed E-state index contributed by atoms with van der Waals surface area (Å²) in [4.78, 5) is 0. The van der Waals surface area contributed by atoms with E-state index in [1.807, 2.05) is 27.7 Å². The van der Waals surface area contributed by atoms with Crippen LogP contribution in [0.25, 0.3) is 0 Å². The van der Waals surface area contributed by atoms with Gasteiger partial charge >= 0.3 is 21.7 Å². The molecular formula is C6H14Cl2OTi. The van der Waals surface area contributed by atoms with Crippen molar-refractivity contribution in [2.24, 2.45) is 0 Å². The van der Waals surface area contributed by atoms with E-state index in [-0.39, 0.29) is 46.5 Å². The van der Waals surface area contributed by atoms with Crippen LogP contribution in [0, 0.1) is 0 Å². The van der Waals surface area contributed by atoms with Crippen LogP contribution in [0.4, 0.5) is 0 Å². The Bertz CT molecular complexity index is 45.0. The fraction of sp³-hybridized carbons (Fsp3) is 1.00. The van der Waals surface area contributed by atoms with Gasteiger partial charge in [-0.25, -0.2) is 0 Å². The van der Waals surface area contributed by atoms with Gasteiger partial charge in [-0.15, -0.1) is 0 Å². The first-order valence-electron chi connectivity index (χ1n) is 2.78. The first-order valence-corrected chi connectivity index (χ1v) is 2.78. The maximum atomic E-state index is 5.25. The van der Waals surface area contributed by atoms with Crippen LogP contribution in [0.5, 0.6) is 0 Å². The summed E-state index contributed by atoms with van der Waals surface area (Å²) in [5.41, 5.74) is 0. The topological polar surface area (TPSA) is 9.23 Å². The third-order valence-electron chi connectivity index (χ3n) is 0.544. The maximum absolute atomic E-state index is 5.25. The molecule has 0 aliphatic rings. The predicted octanol–water partition coefficient (Wildman–Crippen LogP) is -4.17. The van der Waals surface area contributed by atoms with Gasteiger partial charge in [0.2, 0.25) is 0 Å².